The van der Waals surface area contributed by atoms with E-state index in [0.717, 1.165) is 39.9 Å². The number of benzene rings is 1. The molecule has 0 saturated carbocycles. The molecule has 4 rings (SSSR count). The number of rotatable bonds is 8. The molecule has 0 radical (unpaired) electrons. The monoisotopic (exact) mass is 536 g/mol. The normalized spacial score (nSPS) is 15.3. The number of hydrogen-bond donors (Lipinski definition) is 1. The van der Waals surface area contributed by atoms with E-state index in [1.807, 2.05) is 12.3 Å². The highest BCUT2D eigenvalue weighted by Crippen LogP contribution is 2.34. The fourth-order valence-electron chi connectivity index (χ4n) is 3.50. The van der Waals surface area contributed by atoms with Crippen molar-refractivity contribution in [3.8, 4) is 11.6 Å². The van der Waals surface area contributed by atoms with E-state index in [1.54, 1.807) is 42.1 Å². The van der Waals surface area contributed by atoms with Crippen LogP contribution in [-0.2, 0) is 22.5 Å². The number of halogens is 2. The molecule has 0 bridgehead atoms. The summed E-state index contributed by atoms with van der Waals surface area (Å²) in [5.41, 5.74) is 2.22. The molecule has 32 heavy (non-hydrogen) atoms. The number of fused-ring (bicyclic) bond motifs is 1. The van der Waals surface area contributed by atoms with Crippen LogP contribution < -0.4 is 9.46 Å². The lowest BCUT2D eigenvalue weighted by atomic mass is 9.94. The number of ether oxygens (including phenoxy) is 2. The third-order valence-electron chi connectivity index (χ3n) is 4.98. The Kier molecular flexibility index (Phi) is 7.72. The molecule has 0 unspecified atom stereocenters. The maximum atomic E-state index is 11.8. The second-order valence-corrected chi connectivity index (χ2v) is 9.39. The summed E-state index contributed by atoms with van der Waals surface area (Å²) in [5.74, 6) is 0.882. The van der Waals surface area contributed by atoms with Gasteiger partial charge in [-0.25, -0.2) is 4.98 Å². The van der Waals surface area contributed by atoms with E-state index in [0.29, 0.717) is 23.3 Å². The Balaban J connectivity index is 1.39. The molecule has 0 fully saturated rings. The molecule has 0 saturated heterocycles. The summed E-state index contributed by atoms with van der Waals surface area (Å²) in [6.07, 6.45) is 6.54. The van der Waals surface area contributed by atoms with Crippen LogP contribution in [-0.4, -0.2) is 27.3 Å². The van der Waals surface area contributed by atoms with Crippen molar-refractivity contribution in [3.63, 3.8) is 0 Å². The van der Waals surface area contributed by atoms with Crippen molar-refractivity contribution in [2.45, 2.75) is 43.7 Å². The molecular formula is C22H22BrClN4O3S. The molecule has 10 heteroatoms. The van der Waals surface area contributed by atoms with Crippen molar-refractivity contribution in [3.05, 3.63) is 63.5 Å². The van der Waals surface area contributed by atoms with Gasteiger partial charge in [0.2, 0.25) is 5.88 Å². The summed E-state index contributed by atoms with van der Waals surface area (Å²) in [5, 5.41) is 5.07. The second-order valence-electron chi connectivity index (χ2n) is 7.19. The first kappa shape index (κ1) is 23.1. The predicted molar refractivity (Wildman–Crippen MR) is 127 cm³/mol. The van der Waals surface area contributed by atoms with E-state index < -0.39 is 0 Å². The van der Waals surface area contributed by atoms with Crippen LogP contribution in [0, 0.1) is 0 Å². The first-order valence-electron chi connectivity index (χ1n) is 10.2. The number of pyridine rings is 1. The van der Waals surface area contributed by atoms with Crippen LogP contribution >= 0.6 is 39.5 Å². The van der Waals surface area contributed by atoms with Crippen molar-refractivity contribution in [1.82, 2.24) is 19.5 Å². The quantitative estimate of drug-likeness (QED) is 0.291. The van der Waals surface area contributed by atoms with Gasteiger partial charge in [0.25, 0.3) is 0 Å². The van der Waals surface area contributed by atoms with Gasteiger partial charge in [0.15, 0.2) is 0 Å². The van der Waals surface area contributed by atoms with Crippen molar-refractivity contribution >= 4 is 45.4 Å². The molecule has 7 nitrogen and oxygen atoms in total. The number of carbonyl (C=O) groups excluding carboxylic acids is 1. The van der Waals surface area contributed by atoms with Crippen LogP contribution in [0.1, 0.15) is 37.1 Å². The molecule has 3 aromatic rings. The van der Waals surface area contributed by atoms with Crippen LogP contribution in [0.25, 0.3) is 0 Å². The molecule has 0 amide bonds. The van der Waals surface area contributed by atoms with E-state index in [2.05, 4.69) is 30.7 Å². The third-order valence-corrected chi connectivity index (χ3v) is 6.66. The van der Waals surface area contributed by atoms with E-state index >= 15 is 0 Å². The average molecular weight is 538 g/mol. The number of esters is 1. The maximum Gasteiger partial charge on any atom is 0.327 e. The Morgan fingerprint density at radius 2 is 2.16 bits per heavy atom. The minimum Gasteiger partial charge on any atom is -0.465 e. The number of nitrogens with zero attached hydrogens (tertiary/aromatic N) is 3. The number of carbonyl (C=O) groups is 1. The fraction of sp³-hybridized carbons (Fsp3) is 0.318. The molecule has 1 aromatic carbocycles. The maximum absolute atomic E-state index is 11.8. The molecule has 1 aliphatic rings. The van der Waals surface area contributed by atoms with Gasteiger partial charge in [-0.3, -0.25) is 14.2 Å². The van der Waals surface area contributed by atoms with Crippen molar-refractivity contribution in [2.75, 3.05) is 6.61 Å². The summed E-state index contributed by atoms with van der Waals surface area (Å²) in [6, 6.07) is 9.23. The molecule has 168 valence electrons. The molecule has 1 N–H and O–H groups in total. The highest BCUT2D eigenvalue weighted by molar-refractivity contribution is 9.10. The van der Waals surface area contributed by atoms with Crippen LogP contribution in [0.15, 0.2) is 52.1 Å². The Morgan fingerprint density at radius 3 is 2.91 bits per heavy atom. The lowest BCUT2D eigenvalue weighted by Gasteiger charge is -2.23. The zero-order valence-electron chi connectivity index (χ0n) is 17.4. The van der Waals surface area contributed by atoms with Crippen molar-refractivity contribution in [2.24, 2.45) is 0 Å². The fourth-order valence-corrected chi connectivity index (χ4v) is 5.01. The summed E-state index contributed by atoms with van der Waals surface area (Å²) >= 11 is 11.0. The Hall–Kier alpha value is -2.07. The zero-order valence-corrected chi connectivity index (χ0v) is 20.5. The topological polar surface area (TPSA) is 78.3 Å². The average Bonchev–Trinajstić information content (AvgIpc) is 3.19. The second kappa shape index (κ2) is 10.7. The Bertz CT molecular complexity index is 1090. The summed E-state index contributed by atoms with van der Waals surface area (Å²) < 4.78 is 16.9. The Morgan fingerprint density at radius 1 is 1.34 bits per heavy atom. The lowest BCUT2D eigenvalue weighted by molar-refractivity contribution is -0.144. The van der Waals surface area contributed by atoms with Gasteiger partial charge < -0.3 is 9.47 Å². The smallest absolute Gasteiger partial charge is 0.327 e. The molecular weight excluding hydrogens is 516 g/mol. The lowest BCUT2D eigenvalue weighted by Crippen LogP contribution is -2.22. The molecule has 1 atom stereocenters. The molecule has 2 aromatic heterocycles. The van der Waals surface area contributed by atoms with Gasteiger partial charge in [-0.2, -0.15) is 5.10 Å². The van der Waals surface area contributed by atoms with Crippen LogP contribution in [0.3, 0.4) is 0 Å². The Labute approximate surface area is 204 Å². The minimum absolute atomic E-state index is 0.142. The first-order valence-corrected chi connectivity index (χ1v) is 12.2. The highest BCUT2D eigenvalue weighted by Gasteiger charge is 2.25. The van der Waals surface area contributed by atoms with Crippen LogP contribution in [0.4, 0.5) is 0 Å². The van der Waals surface area contributed by atoms with E-state index in [9.17, 15) is 4.79 Å². The largest absolute Gasteiger partial charge is 0.465 e. The SMILES string of the molecule is CCOC(=O)Cn1ncc2c1CCC[C@H]2NSc1cnc(Oc2ccc(Cl)cc2)c(Br)c1. The number of nitrogens with one attached hydrogen (secondary N) is 1. The molecule has 2 heterocycles. The number of aromatic nitrogens is 3. The van der Waals surface area contributed by atoms with Crippen LogP contribution in [0.5, 0.6) is 11.6 Å². The van der Waals surface area contributed by atoms with Gasteiger partial charge in [0.1, 0.15) is 12.3 Å². The molecule has 0 spiro atoms. The van der Waals surface area contributed by atoms with Gasteiger partial charge in [-0.1, -0.05) is 11.6 Å². The minimum atomic E-state index is -0.264. The summed E-state index contributed by atoms with van der Waals surface area (Å²) in [4.78, 5) is 17.2. The van der Waals surface area contributed by atoms with Gasteiger partial charge >= 0.3 is 5.97 Å². The van der Waals surface area contributed by atoms with E-state index in [1.165, 1.54) is 11.9 Å². The summed E-state index contributed by atoms with van der Waals surface area (Å²) in [7, 11) is 0. The predicted octanol–water partition coefficient (Wildman–Crippen LogP) is 5.72. The van der Waals surface area contributed by atoms with E-state index in [-0.39, 0.29) is 18.6 Å². The molecule has 0 aliphatic heterocycles. The number of hydrogen-bond acceptors (Lipinski definition) is 7. The van der Waals surface area contributed by atoms with E-state index in [4.69, 9.17) is 21.1 Å². The van der Waals surface area contributed by atoms with Gasteiger partial charge in [0.05, 0.1) is 17.3 Å². The van der Waals surface area contributed by atoms with Crippen LogP contribution in [0.2, 0.25) is 5.02 Å². The summed E-state index contributed by atoms with van der Waals surface area (Å²) in [6.45, 7) is 2.32. The van der Waals surface area contributed by atoms with Crippen molar-refractivity contribution < 1.29 is 14.3 Å². The molecule has 1 aliphatic carbocycles. The highest BCUT2D eigenvalue weighted by atomic mass is 79.9. The first-order chi connectivity index (χ1) is 15.5. The van der Waals surface area contributed by atoms with Gasteiger partial charge in [-0.15, -0.1) is 0 Å². The standard InChI is InChI=1S/C22H22BrClN4O3S/c1-2-30-21(29)13-28-20-5-3-4-19(17(20)12-26-28)27-32-16-10-18(23)22(25-11-16)31-15-8-6-14(24)7-9-15/h6-12,19,27H,2-5,13H2,1H3/t19-/m1/s1. The third kappa shape index (κ3) is 5.64. The van der Waals surface area contributed by atoms with Gasteiger partial charge in [-0.05, 0) is 84.4 Å². The van der Waals surface area contributed by atoms with Gasteiger partial charge in [0, 0.05) is 33.4 Å². The zero-order chi connectivity index (χ0) is 22.5. The van der Waals surface area contributed by atoms with Crippen molar-refractivity contribution in [1.29, 1.82) is 0 Å².